The van der Waals surface area contributed by atoms with Crippen LogP contribution in [0.2, 0.25) is 0 Å². The van der Waals surface area contributed by atoms with Gasteiger partial charge in [-0.3, -0.25) is 0 Å². The number of aryl methyl sites for hydroxylation is 1. The Balaban J connectivity index is 2.53. The summed E-state index contributed by atoms with van der Waals surface area (Å²) in [5, 5.41) is 3.15. The first-order valence-corrected chi connectivity index (χ1v) is 7.50. The summed E-state index contributed by atoms with van der Waals surface area (Å²) in [5.41, 5.74) is 0.516. The number of nitrogens with one attached hydrogen (secondary N) is 1. The fourth-order valence-electron chi connectivity index (χ4n) is 2.09. The molecule has 0 aliphatic rings. The largest absolute Gasteiger partial charge is 0.305 e. The Kier molecular flexibility index (Phi) is 5.36. The van der Waals surface area contributed by atoms with Gasteiger partial charge in [0, 0.05) is 11.8 Å². The van der Waals surface area contributed by atoms with Crippen molar-refractivity contribution in [2.45, 2.75) is 26.3 Å². The summed E-state index contributed by atoms with van der Waals surface area (Å²) in [6.45, 7) is 4.36. The van der Waals surface area contributed by atoms with Gasteiger partial charge in [0.05, 0.1) is 16.2 Å². The molecule has 21 heavy (non-hydrogen) atoms. The van der Waals surface area contributed by atoms with Gasteiger partial charge < -0.3 is 5.32 Å². The number of benzene rings is 1. The molecule has 1 unspecified atom stereocenters. The van der Waals surface area contributed by atoms with Gasteiger partial charge in [0.25, 0.3) is 0 Å². The second kappa shape index (κ2) is 7.04. The SMILES string of the molecule is CCCNC(c1ccnc(C)n1)c1c(F)ccc(Br)c1F. The van der Waals surface area contributed by atoms with Gasteiger partial charge in [0.15, 0.2) is 0 Å². The lowest BCUT2D eigenvalue weighted by Crippen LogP contribution is -2.26. The molecule has 0 amide bonds. The van der Waals surface area contributed by atoms with Crippen LogP contribution in [0, 0.1) is 18.6 Å². The van der Waals surface area contributed by atoms with Crippen LogP contribution in [0.15, 0.2) is 28.9 Å². The summed E-state index contributed by atoms with van der Waals surface area (Å²) in [4.78, 5) is 8.32. The molecular weight excluding hydrogens is 340 g/mol. The molecule has 0 aliphatic carbocycles. The van der Waals surface area contributed by atoms with Gasteiger partial charge in [0.1, 0.15) is 17.5 Å². The third kappa shape index (κ3) is 3.63. The smallest absolute Gasteiger partial charge is 0.145 e. The van der Waals surface area contributed by atoms with Gasteiger partial charge >= 0.3 is 0 Å². The molecule has 1 N–H and O–H groups in total. The average Bonchev–Trinajstić information content (AvgIpc) is 2.46. The topological polar surface area (TPSA) is 37.8 Å². The maximum atomic E-state index is 14.4. The zero-order chi connectivity index (χ0) is 15.4. The first-order valence-electron chi connectivity index (χ1n) is 6.71. The Bertz CT molecular complexity index is 634. The maximum absolute atomic E-state index is 14.4. The third-order valence-corrected chi connectivity index (χ3v) is 3.67. The number of aromatic nitrogens is 2. The van der Waals surface area contributed by atoms with Crippen molar-refractivity contribution in [3.8, 4) is 0 Å². The van der Waals surface area contributed by atoms with E-state index in [1.807, 2.05) is 6.92 Å². The fraction of sp³-hybridized carbons (Fsp3) is 0.333. The van der Waals surface area contributed by atoms with E-state index in [9.17, 15) is 8.78 Å². The molecular formula is C15H16BrF2N3. The van der Waals surface area contributed by atoms with Crippen molar-refractivity contribution in [3.05, 3.63) is 57.6 Å². The van der Waals surface area contributed by atoms with E-state index in [4.69, 9.17) is 0 Å². The summed E-state index contributed by atoms with van der Waals surface area (Å²) in [6, 6.07) is 3.62. The van der Waals surface area contributed by atoms with Gasteiger partial charge in [-0.05, 0) is 54.0 Å². The van der Waals surface area contributed by atoms with E-state index in [0.717, 1.165) is 6.42 Å². The lowest BCUT2D eigenvalue weighted by molar-refractivity contribution is 0.494. The Morgan fingerprint density at radius 3 is 2.71 bits per heavy atom. The van der Waals surface area contributed by atoms with Crippen molar-refractivity contribution in [1.29, 1.82) is 0 Å². The van der Waals surface area contributed by atoms with Crippen molar-refractivity contribution in [2.24, 2.45) is 0 Å². The summed E-state index contributed by atoms with van der Waals surface area (Å²) < 4.78 is 28.7. The molecule has 1 heterocycles. The second-order valence-electron chi connectivity index (χ2n) is 4.67. The molecule has 112 valence electrons. The van der Waals surface area contributed by atoms with Crippen molar-refractivity contribution in [3.63, 3.8) is 0 Å². The molecule has 1 atom stereocenters. The zero-order valence-electron chi connectivity index (χ0n) is 11.8. The van der Waals surface area contributed by atoms with Crippen LogP contribution in [0.3, 0.4) is 0 Å². The molecule has 0 saturated carbocycles. The van der Waals surface area contributed by atoms with Crippen LogP contribution in [-0.2, 0) is 0 Å². The van der Waals surface area contributed by atoms with Crippen LogP contribution in [-0.4, -0.2) is 16.5 Å². The van der Waals surface area contributed by atoms with E-state index in [0.29, 0.717) is 18.1 Å². The fourth-order valence-corrected chi connectivity index (χ4v) is 2.43. The van der Waals surface area contributed by atoms with Crippen LogP contribution >= 0.6 is 15.9 Å². The first kappa shape index (κ1) is 16.0. The van der Waals surface area contributed by atoms with Crippen LogP contribution in [0.4, 0.5) is 8.78 Å². The minimum Gasteiger partial charge on any atom is -0.305 e. The van der Waals surface area contributed by atoms with E-state index in [2.05, 4.69) is 31.2 Å². The van der Waals surface area contributed by atoms with Crippen LogP contribution < -0.4 is 5.32 Å². The molecule has 0 radical (unpaired) electrons. The normalized spacial score (nSPS) is 12.4. The number of halogens is 3. The Hall–Kier alpha value is -1.40. The number of rotatable bonds is 5. The van der Waals surface area contributed by atoms with Crippen molar-refractivity contribution in [2.75, 3.05) is 6.54 Å². The number of hydrogen-bond acceptors (Lipinski definition) is 3. The molecule has 6 heteroatoms. The highest BCUT2D eigenvalue weighted by Gasteiger charge is 2.24. The first-order chi connectivity index (χ1) is 10.0. The lowest BCUT2D eigenvalue weighted by atomic mass is 10.0. The molecule has 3 nitrogen and oxygen atoms in total. The predicted molar refractivity (Wildman–Crippen MR) is 81.0 cm³/mol. The maximum Gasteiger partial charge on any atom is 0.145 e. The summed E-state index contributed by atoms with van der Waals surface area (Å²) in [6.07, 6.45) is 2.43. The van der Waals surface area contributed by atoms with Crippen LogP contribution in [0.25, 0.3) is 0 Å². The quantitative estimate of drug-likeness (QED) is 0.826. The molecule has 1 aromatic carbocycles. The highest BCUT2D eigenvalue weighted by Crippen LogP contribution is 2.30. The van der Waals surface area contributed by atoms with E-state index in [1.165, 1.54) is 12.1 Å². The molecule has 2 aromatic rings. The van der Waals surface area contributed by atoms with Crippen molar-refractivity contribution in [1.82, 2.24) is 15.3 Å². The lowest BCUT2D eigenvalue weighted by Gasteiger charge is -2.20. The standard InChI is InChI=1S/C15H16BrF2N3/c1-3-7-20-15(12-6-8-19-9(2)21-12)13-11(17)5-4-10(16)14(13)18/h4-6,8,15,20H,3,7H2,1-2H3. The van der Waals surface area contributed by atoms with Gasteiger partial charge in [-0.1, -0.05) is 6.92 Å². The third-order valence-electron chi connectivity index (χ3n) is 3.06. The van der Waals surface area contributed by atoms with Crippen molar-refractivity contribution < 1.29 is 8.78 Å². The van der Waals surface area contributed by atoms with Crippen LogP contribution in [0.5, 0.6) is 0 Å². The molecule has 0 saturated heterocycles. The molecule has 2 rings (SSSR count). The van der Waals surface area contributed by atoms with Crippen LogP contribution in [0.1, 0.15) is 36.5 Å². The van der Waals surface area contributed by atoms with Gasteiger partial charge in [0.2, 0.25) is 0 Å². The zero-order valence-corrected chi connectivity index (χ0v) is 13.4. The van der Waals surface area contributed by atoms with Crippen molar-refractivity contribution >= 4 is 15.9 Å². The Morgan fingerprint density at radius 1 is 1.29 bits per heavy atom. The monoisotopic (exact) mass is 355 g/mol. The van der Waals surface area contributed by atoms with E-state index in [-0.39, 0.29) is 10.0 Å². The number of nitrogens with zero attached hydrogens (tertiary/aromatic N) is 2. The molecule has 0 spiro atoms. The minimum absolute atomic E-state index is 0.0316. The average molecular weight is 356 g/mol. The van der Waals surface area contributed by atoms with E-state index in [1.54, 1.807) is 19.2 Å². The van der Waals surface area contributed by atoms with E-state index < -0.39 is 17.7 Å². The predicted octanol–water partition coefficient (Wildman–Crippen LogP) is 3.91. The highest BCUT2D eigenvalue weighted by atomic mass is 79.9. The number of hydrogen-bond donors (Lipinski definition) is 1. The summed E-state index contributed by atoms with van der Waals surface area (Å²) >= 11 is 3.10. The second-order valence-corrected chi connectivity index (χ2v) is 5.53. The molecule has 1 aromatic heterocycles. The minimum atomic E-state index is -0.649. The molecule has 0 bridgehead atoms. The van der Waals surface area contributed by atoms with Gasteiger partial charge in [-0.2, -0.15) is 0 Å². The Morgan fingerprint density at radius 2 is 2.05 bits per heavy atom. The van der Waals surface area contributed by atoms with Gasteiger partial charge in [-0.25, -0.2) is 18.7 Å². The molecule has 0 aliphatic heterocycles. The highest BCUT2D eigenvalue weighted by molar-refractivity contribution is 9.10. The Labute approximate surface area is 131 Å². The molecule has 0 fully saturated rings. The van der Waals surface area contributed by atoms with Gasteiger partial charge in [-0.15, -0.1) is 0 Å². The summed E-state index contributed by atoms with van der Waals surface area (Å²) in [5.74, 6) is -0.646. The van der Waals surface area contributed by atoms with E-state index >= 15 is 0 Å². The summed E-state index contributed by atoms with van der Waals surface area (Å²) in [7, 11) is 0.